The highest BCUT2D eigenvalue weighted by atomic mass is 16.2. The second-order valence-electron chi connectivity index (χ2n) is 4.19. The van der Waals surface area contributed by atoms with Crippen molar-refractivity contribution in [1.29, 1.82) is 0 Å². The van der Waals surface area contributed by atoms with E-state index >= 15 is 0 Å². The Balaban J connectivity index is 1.95. The highest BCUT2D eigenvalue weighted by Gasteiger charge is 2.25. The summed E-state index contributed by atoms with van der Waals surface area (Å²) in [7, 11) is 2.04. The number of nitrogens with one attached hydrogen (secondary N) is 1. The Morgan fingerprint density at radius 1 is 1.25 bits per heavy atom. The van der Waals surface area contributed by atoms with Crippen LogP contribution in [0.15, 0.2) is 5.10 Å². The number of likely N-dealkylation sites (N-methyl/N-ethyl adjacent to an activating group) is 1. The molecule has 2 aliphatic heterocycles. The standard InChI is InChI=1S/C10H16N4O2/c1-13-4-6-14(7-5-13)10(16)8-2-3-9(15)12-11-8/h2-7H2,1H3,(H,12,15). The van der Waals surface area contributed by atoms with Crippen molar-refractivity contribution in [3.8, 4) is 0 Å². The number of carbonyl (C=O) groups is 2. The molecule has 88 valence electrons. The van der Waals surface area contributed by atoms with E-state index in [0.717, 1.165) is 26.2 Å². The third kappa shape index (κ3) is 2.38. The molecule has 1 fully saturated rings. The highest BCUT2D eigenvalue weighted by molar-refractivity contribution is 6.39. The maximum atomic E-state index is 12.0. The SMILES string of the molecule is CN1CCN(C(=O)C2=NNC(=O)CC2)CC1. The molecule has 0 unspecified atom stereocenters. The molecule has 1 saturated heterocycles. The zero-order chi connectivity index (χ0) is 11.5. The van der Waals surface area contributed by atoms with E-state index in [2.05, 4.69) is 15.4 Å². The first-order valence-electron chi connectivity index (χ1n) is 5.50. The first-order chi connectivity index (χ1) is 7.66. The van der Waals surface area contributed by atoms with Crippen LogP contribution in [-0.2, 0) is 9.59 Å². The van der Waals surface area contributed by atoms with E-state index in [1.165, 1.54) is 0 Å². The lowest BCUT2D eigenvalue weighted by Gasteiger charge is -2.32. The number of hydrazone groups is 1. The molecular formula is C10H16N4O2. The molecule has 2 aliphatic rings. The van der Waals surface area contributed by atoms with Gasteiger partial charge in [0.1, 0.15) is 5.71 Å². The van der Waals surface area contributed by atoms with Gasteiger partial charge in [0.2, 0.25) is 5.91 Å². The normalized spacial score (nSPS) is 22.7. The van der Waals surface area contributed by atoms with Crippen LogP contribution in [-0.4, -0.2) is 60.6 Å². The van der Waals surface area contributed by atoms with Crippen molar-refractivity contribution in [2.45, 2.75) is 12.8 Å². The maximum absolute atomic E-state index is 12.0. The maximum Gasteiger partial charge on any atom is 0.270 e. The van der Waals surface area contributed by atoms with Gasteiger partial charge in [-0.15, -0.1) is 0 Å². The van der Waals surface area contributed by atoms with Crippen LogP contribution < -0.4 is 5.43 Å². The zero-order valence-electron chi connectivity index (χ0n) is 9.40. The Kier molecular flexibility index (Phi) is 3.19. The Morgan fingerprint density at radius 3 is 2.50 bits per heavy atom. The Hall–Kier alpha value is -1.43. The number of amides is 2. The smallest absolute Gasteiger partial charge is 0.270 e. The van der Waals surface area contributed by atoms with Gasteiger partial charge in [-0.1, -0.05) is 0 Å². The second-order valence-corrected chi connectivity index (χ2v) is 4.19. The molecule has 0 aromatic carbocycles. The van der Waals surface area contributed by atoms with Crippen LogP contribution in [0.2, 0.25) is 0 Å². The molecule has 0 aliphatic carbocycles. The van der Waals surface area contributed by atoms with Crippen molar-refractivity contribution in [1.82, 2.24) is 15.2 Å². The summed E-state index contributed by atoms with van der Waals surface area (Å²) in [5.41, 5.74) is 2.83. The van der Waals surface area contributed by atoms with Crippen molar-refractivity contribution in [3.63, 3.8) is 0 Å². The fourth-order valence-electron chi connectivity index (χ4n) is 1.82. The van der Waals surface area contributed by atoms with Gasteiger partial charge in [-0.05, 0) is 7.05 Å². The Labute approximate surface area is 94.3 Å². The van der Waals surface area contributed by atoms with E-state index in [9.17, 15) is 9.59 Å². The molecule has 0 bridgehead atoms. The second kappa shape index (κ2) is 4.61. The van der Waals surface area contributed by atoms with Gasteiger partial charge in [0, 0.05) is 39.0 Å². The quantitative estimate of drug-likeness (QED) is 0.623. The predicted molar refractivity (Wildman–Crippen MR) is 58.9 cm³/mol. The molecule has 2 rings (SSSR count). The summed E-state index contributed by atoms with van der Waals surface area (Å²) in [6, 6.07) is 0. The predicted octanol–water partition coefficient (Wildman–Crippen LogP) is -0.974. The largest absolute Gasteiger partial charge is 0.335 e. The summed E-state index contributed by atoms with van der Waals surface area (Å²) in [4.78, 5) is 26.9. The summed E-state index contributed by atoms with van der Waals surface area (Å²) in [6.45, 7) is 3.27. The minimum Gasteiger partial charge on any atom is -0.335 e. The average Bonchev–Trinajstić information content (AvgIpc) is 2.30. The molecule has 0 aromatic rings. The first kappa shape index (κ1) is 11.1. The van der Waals surface area contributed by atoms with Crippen molar-refractivity contribution in [3.05, 3.63) is 0 Å². The van der Waals surface area contributed by atoms with Crippen LogP contribution in [0.4, 0.5) is 0 Å². The average molecular weight is 224 g/mol. The lowest BCUT2D eigenvalue weighted by atomic mass is 10.1. The molecule has 1 N–H and O–H groups in total. The molecule has 2 heterocycles. The van der Waals surface area contributed by atoms with Crippen LogP contribution in [0.1, 0.15) is 12.8 Å². The van der Waals surface area contributed by atoms with Crippen LogP contribution >= 0.6 is 0 Å². The van der Waals surface area contributed by atoms with Crippen LogP contribution in [0.3, 0.4) is 0 Å². The number of hydrogen-bond acceptors (Lipinski definition) is 4. The van der Waals surface area contributed by atoms with E-state index in [0.29, 0.717) is 18.6 Å². The first-order valence-corrected chi connectivity index (χ1v) is 5.50. The molecule has 0 aromatic heterocycles. The summed E-state index contributed by atoms with van der Waals surface area (Å²) in [5.74, 6) is -0.150. The van der Waals surface area contributed by atoms with Gasteiger partial charge in [0.05, 0.1) is 0 Å². The van der Waals surface area contributed by atoms with Crippen molar-refractivity contribution >= 4 is 17.5 Å². The number of rotatable bonds is 1. The highest BCUT2D eigenvalue weighted by Crippen LogP contribution is 2.06. The van der Waals surface area contributed by atoms with Gasteiger partial charge < -0.3 is 9.80 Å². The molecule has 2 amide bonds. The molecule has 16 heavy (non-hydrogen) atoms. The number of hydrogen-bond donors (Lipinski definition) is 1. The molecule has 6 nitrogen and oxygen atoms in total. The van der Waals surface area contributed by atoms with Gasteiger partial charge in [-0.3, -0.25) is 9.59 Å². The molecule has 0 atom stereocenters. The van der Waals surface area contributed by atoms with Gasteiger partial charge in [0.25, 0.3) is 5.91 Å². The van der Waals surface area contributed by atoms with Crippen LogP contribution in [0.5, 0.6) is 0 Å². The van der Waals surface area contributed by atoms with E-state index in [1.807, 2.05) is 7.05 Å². The van der Waals surface area contributed by atoms with Crippen molar-refractivity contribution in [2.24, 2.45) is 5.10 Å². The van der Waals surface area contributed by atoms with E-state index < -0.39 is 0 Å². The third-order valence-electron chi connectivity index (χ3n) is 2.94. The third-order valence-corrected chi connectivity index (χ3v) is 2.94. The van der Waals surface area contributed by atoms with E-state index in [1.54, 1.807) is 4.90 Å². The van der Waals surface area contributed by atoms with Gasteiger partial charge in [0.15, 0.2) is 0 Å². The molecule has 0 radical (unpaired) electrons. The monoisotopic (exact) mass is 224 g/mol. The minimum absolute atomic E-state index is 0.0342. The molecule has 6 heteroatoms. The lowest BCUT2D eigenvalue weighted by Crippen LogP contribution is -2.50. The zero-order valence-corrected chi connectivity index (χ0v) is 9.40. The van der Waals surface area contributed by atoms with E-state index in [4.69, 9.17) is 0 Å². The minimum atomic E-state index is -0.116. The summed E-state index contributed by atoms with van der Waals surface area (Å²) >= 11 is 0. The van der Waals surface area contributed by atoms with E-state index in [-0.39, 0.29) is 11.8 Å². The Morgan fingerprint density at radius 2 is 1.94 bits per heavy atom. The topological polar surface area (TPSA) is 65.0 Å². The van der Waals surface area contributed by atoms with Crippen LogP contribution in [0, 0.1) is 0 Å². The van der Waals surface area contributed by atoms with Crippen molar-refractivity contribution < 1.29 is 9.59 Å². The summed E-state index contributed by atoms with van der Waals surface area (Å²) in [5, 5.41) is 3.82. The lowest BCUT2D eigenvalue weighted by molar-refractivity contribution is -0.126. The molecule has 0 spiro atoms. The van der Waals surface area contributed by atoms with Gasteiger partial charge in [-0.2, -0.15) is 5.10 Å². The molecule has 0 saturated carbocycles. The summed E-state index contributed by atoms with van der Waals surface area (Å²) in [6.07, 6.45) is 0.815. The fourth-order valence-corrected chi connectivity index (χ4v) is 1.82. The number of nitrogens with zero attached hydrogens (tertiary/aromatic N) is 3. The number of carbonyl (C=O) groups excluding carboxylic acids is 2. The van der Waals surface area contributed by atoms with Gasteiger partial charge >= 0.3 is 0 Å². The number of piperazine rings is 1. The fraction of sp³-hybridized carbons (Fsp3) is 0.700. The van der Waals surface area contributed by atoms with Crippen LogP contribution in [0.25, 0.3) is 0 Å². The van der Waals surface area contributed by atoms with Gasteiger partial charge in [-0.25, -0.2) is 5.43 Å². The molecular weight excluding hydrogens is 208 g/mol. The Bertz CT molecular complexity index is 332. The van der Waals surface area contributed by atoms with Crippen molar-refractivity contribution in [2.75, 3.05) is 33.2 Å². The summed E-state index contributed by atoms with van der Waals surface area (Å²) < 4.78 is 0.